The molecular formula is C39H50F2N6O8S. The van der Waals surface area contributed by atoms with Gasteiger partial charge in [-0.3, -0.25) is 19.1 Å². The highest BCUT2D eigenvalue weighted by atomic mass is 32.2. The smallest absolute Gasteiger partial charge is 0.407 e. The highest BCUT2D eigenvalue weighted by Crippen LogP contribution is 2.51. The van der Waals surface area contributed by atoms with Gasteiger partial charge in [0.2, 0.25) is 27.7 Å². The molecule has 3 aliphatic heterocycles. The predicted molar refractivity (Wildman–Crippen MR) is 198 cm³/mol. The number of amides is 4. The number of alkyl carbamates (subject to hydrolysis) is 1. The highest BCUT2D eigenvalue weighted by molar-refractivity contribution is 7.91. The molecule has 1 spiro atoms. The quantitative estimate of drug-likeness (QED) is 0.396. The zero-order chi connectivity index (χ0) is 39.3. The van der Waals surface area contributed by atoms with Gasteiger partial charge in [0.25, 0.3) is 11.8 Å². The number of aromatic nitrogens is 2. The summed E-state index contributed by atoms with van der Waals surface area (Å²) in [6, 6.07) is 5.58. The molecule has 2 aromatic rings. The summed E-state index contributed by atoms with van der Waals surface area (Å²) < 4.78 is 72.5. The van der Waals surface area contributed by atoms with Crippen LogP contribution in [-0.4, -0.2) is 89.7 Å². The van der Waals surface area contributed by atoms with Crippen molar-refractivity contribution in [1.82, 2.24) is 30.2 Å². The molecule has 3 N–H and O–H groups in total. The molecule has 17 heteroatoms. The van der Waals surface area contributed by atoms with Gasteiger partial charge in [0.1, 0.15) is 17.7 Å². The minimum atomic E-state index is -3.93. The lowest BCUT2D eigenvalue weighted by Crippen LogP contribution is -2.55. The number of rotatable bonds is 3. The second-order valence-electron chi connectivity index (χ2n) is 16.9. The van der Waals surface area contributed by atoms with Crippen LogP contribution in [0.1, 0.15) is 108 Å². The van der Waals surface area contributed by atoms with Crippen LogP contribution in [0.4, 0.5) is 13.6 Å². The maximum absolute atomic E-state index is 16.3. The molecule has 5 atom stereocenters. The third-order valence-electron chi connectivity index (χ3n) is 12.7. The van der Waals surface area contributed by atoms with E-state index >= 15 is 8.78 Å². The van der Waals surface area contributed by atoms with Crippen molar-refractivity contribution in [2.75, 3.05) is 19.7 Å². The maximum Gasteiger partial charge on any atom is 0.407 e. The molecule has 8 rings (SSSR count). The summed E-state index contributed by atoms with van der Waals surface area (Å²) in [5, 5.41) is 4.99. The van der Waals surface area contributed by atoms with Crippen molar-refractivity contribution < 1.29 is 45.9 Å². The first-order chi connectivity index (χ1) is 26.8. The van der Waals surface area contributed by atoms with Crippen LogP contribution in [0.2, 0.25) is 0 Å². The number of benzene rings is 1. The monoisotopic (exact) mass is 800 g/mol. The summed E-state index contributed by atoms with van der Waals surface area (Å²) in [6.07, 6.45) is 6.19. The lowest BCUT2D eigenvalue weighted by atomic mass is 9.97. The molecule has 5 fully saturated rings. The SMILES string of the molecule is O=C1N[C@H]2CCCCCCC[C@@H]3C[C@@]3(C(=O)NS(=O)(=O)C3CC3)NC(=O)C3CN(C[C@@H]3Oc3nc4ccccc4nc3C(F)(F)CCCCC3(CC3)CO1)C2=O. The number of sulfonamides is 1. The Labute approximate surface area is 324 Å². The molecule has 56 heavy (non-hydrogen) atoms. The molecular weight excluding hydrogens is 751 g/mol. The van der Waals surface area contributed by atoms with E-state index in [1.807, 2.05) is 0 Å². The fourth-order valence-corrected chi connectivity index (χ4v) is 10.1. The van der Waals surface area contributed by atoms with E-state index in [1.54, 1.807) is 24.3 Å². The standard InChI is InChI=1S/C39H50F2N6O8S/c40-39(41)17-9-8-16-37(18-19-37)23-54-36(51)44-29-13-5-3-1-2-4-10-24-20-38(24,35(50)46-56(52,53)25-14-15-25)45-32(48)26-21-47(34(29)49)22-30(26)55-33-31(39)42-27-11-6-7-12-28(27)43-33/h6-7,11-12,24-26,29-30H,1-5,8-10,13-23H2,(H,44,51)(H,45,48)(H,46,50)/t24-,26?,29+,30+,38-/m1/s1. The number of hydrogen-bond donors (Lipinski definition) is 3. The van der Waals surface area contributed by atoms with Crippen molar-refractivity contribution in [1.29, 1.82) is 0 Å². The van der Waals surface area contributed by atoms with Gasteiger partial charge in [-0.1, -0.05) is 50.7 Å². The zero-order valence-electron chi connectivity index (χ0n) is 31.4. The first-order valence-electron chi connectivity index (χ1n) is 20.2. The highest BCUT2D eigenvalue weighted by Gasteiger charge is 2.62. The van der Waals surface area contributed by atoms with Crippen LogP contribution in [0, 0.1) is 17.3 Å². The number of carbonyl (C=O) groups excluding carboxylic acids is 4. The fourth-order valence-electron chi connectivity index (χ4n) is 8.69. The third-order valence-corrected chi connectivity index (χ3v) is 14.5. The summed E-state index contributed by atoms with van der Waals surface area (Å²) in [6.45, 7) is -0.316. The van der Waals surface area contributed by atoms with E-state index in [9.17, 15) is 27.6 Å². The lowest BCUT2D eigenvalue weighted by Gasteiger charge is -2.26. The predicted octanol–water partition coefficient (Wildman–Crippen LogP) is 4.60. The van der Waals surface area contributed by atoms with E-state index < -0.39 is 86.6 Å². The van der Waals surface area contributed by atoms with E-state index in [2.05, 4.69) is 25.3 Å². The molecule has 6 aliphatic rings. The molecule has 1 unspecified atom stereocenters. The number of halogens is 2. The average molecular weight is 801 g/mol. The van der Waals surface area contributed by atoms with Gasteiger partial charge in [-0.15, -0.1) is 0 Å². The van der Waals surface area contributed by atoms with Crippen LogP contribution in [0.3, 0.4) is 0 Å². The Kier molecular flexibility index (Phi) is 10.4. The number of fused-ring (bicyclic) bond motifs is 7. The van der Waals surface area contributed by atoms with Gasteiger partial charge < -0.3 is 25.0 Å². The fraction of sp³-hybridized carbons (Fsp3) is 0.692. The van der Waals surface area contributed by atoms with Gasteiger partial charge in [0.05, 0.1) is 35.4 Å². The number of hydrogen-bond acceptors (Lipinski definition) is 10. The molecule has 3 aliphatic carbocycles. The topological polar surface area (TPSA) is 186 Å². The second kappa shape index (κ2) is 15.0. The Morgan fingerprint density at radius 2 is 1.57 bits per heavy atom. The van der Waals surface area contributed by atoms with Crippen molar-refractivity contribution in [2.24, 2.45) is 17.3 Å². The van der Waals surface area contributed by atoms with Crippen molar-refractivity contribution >= 4 is 44.9 Å². The minimum Gasteiger partial charge on any atom is -0.470 e. The van der Waals surface area contributed by atoms with Crippen molar-refractivity contribution in [3.63, 3.8) is 0 Å². The number of nitrogens with zero attached hydrogens (tertiary/aromatic N) is 3. The Balaban J connectivity index is 1.15. The maximum atomic E-state index is 16.3. The van der Waals surface area contributed by atoms with Crippen molar-refractivity contribution in [2.45, 2.75) is 132 Å². The van der Waals surface area contributed by atoms with Crippen LogP contribution in [0.5, 0.6) is 5.88 Å². The third kappa shape index (κ3) is 8.15. The van der Waals surface area contributed by atoms with Crippen LogP contribution >= 0.6 is 0 Å². The number of ether oxygens (including phenoxy) is 2. The van der Waals surface area contributed by atoms with Gasteiger partial charge in [-0.25, -0.2) is 23.2 Å². The summed E-state index contributed by atoms with van der Waals surface area (Å²) >= 11 is 0. The van der Waals surface area contributed by atoms with Gasteiger partial charge in [0.15, 0.2) is 5.69 Å². The second-order valence-corrected chi connectivity index (χ2v) is 18.9. The molecule has 1 aromatic heterocycles. The van der Waals surface area contributed by atoms with E-state index in [4.69, 9.17) is 9.47 Å². The number of alkyl halides is 2. The first-order valence-corrected chi connectivity index (χ1v) is 21.7. The van der Waals surface area contributed by atoms with Gasteiger partial charge in [0, 0.05) is 18.4 Å². The molecule has 2 saturated heterocycles. The Morgan fingerprint density at radius 3 is 2.30 bits per heavy atom. The minimum absolute atomic E-state index is 0.122. The van der Waals surface area contributed by atoms with E-state index in [-0.39, 0.29) is 49.4 Å². The largest absolute Gasteiger partial charge is 0.470 e. The van der Waals surface area contributed by atoms with Gasteiger partial charge >= 0.3 is 6.09 Å². The normalized spacial score (nSPS) is 31.2. The zero-order valence-corrected chi connectivity index (χ0v) is 32.2. The van der Waals surface area contributed by atoms with Crippen molar-refractivity contribution in [3.8, 4) is 5.88 Å². The molecule has 0 radical (unpaired) electrons. The molecule has 14 nitrogen and oxygen atoms in total. The Bertz CT molecular complexity index is 1990. The molecule has 4 bridgehead atoms. The first kappa shape index (κ1) is 38.7. The molecule has 4 heterocycles. The number of carbonyl (C=O) groups is 4. The summed E-state index contributed by atoms with van der Waals surface area (Å²) in [5.74, 6) is -7.40. The van der Waals surface area contributed by atoms with Gasteiger partial charge in [-0.2, -0.15) is 8.78 Å². The Hall–Kier alpha value is -4.15. The van der Waals surface area contributed by atoms with Crippen LogP contribution in [0.15, 0.2) is 24.3 Å². The van der Waals surface area contributed by atoms with Crippen LogP contribution in [0.25, 0.3) is 11.0 Å². The number of nitrogens with one attached hydrogen (secondary N) is 3. The summed E-state index contributed by atoms with van der Waals surface area (Å²) in [4.78, 5) is 65.9. The number of para-hydroxylation sites is 2. The lowest BCUT2D eigenvalue weighted by molar-refractivity contribution is -0.134. The van der Waals surface area contributed by atoms with E-state index in [1.165, 1.54) is 4.90 Å². The molecule has 304 valence electrons. The number of cyclic esters (lactones) is 1. The Morgan fingerprint density at radius 1 is 0.875 bits per heavy atom. The summed E-state index contributed by atoms with van der Waals surface area (Å²) in [7, 11) is -3.93. The molecule has 3 saturated carbocycles. The van der Waals surface area contributed by atoms with Crippen LogP contribution in [-0.2, 0) is 35.1 Å². The van der Waals surface area contributed by atoms with Crippen molar-refractivity contribution in [3.05, 3.63) is 30.0 Å². The average Bonchev–Trinajstić information content (AvgIpc) is 4.09. The molecule has 1 aromatic carbocycles. The van der Waals surface area contributed by atoms with Gasteiger partial charge in [-0.05, 0) is 75.8 Å². The summed E-state index contributed by atoms with van der Waals surface area (Å²) in [5.41, 5.74) is -1.91. The van der Waals surface area contributed by atoms with Crippen LogP contribution < -0.4 is 20.1 Å². The van der Waals surface area contributed by atoms with E-state index in [0.29, 0.717) is 50.5 Å². The molecule has 4 amide bonds. The van der Waals surface area contributed by atoms with E-state index in [0.717, 1.165) is 38.5 Å².